The summed E-state index contributed by atoms with van der Waals surface area (Å²) in [5.41, 5.74) is 6.45. The van der Waals surface area contributed by atoms with Gasteiger partial charge in [-0.3, -0.25) is 0 Å². The minimum absolute atomic E-state index is 0.0851. The highest BCUT2D eigenvalue weighted by Gasteiger charge is 2.45. The first-order valence-corrected chi connectivity index (χ1v) is 4.79. The molecule has 0 bridgehead atoms. The second-order valence-corrected chi connectivity index (χ2v) is 4.53. The monoisotopic (exact) mass is 169 g/mol. The average molecular weight is 169 g/mol. The van der Waals surface area contributed by atoms with Crippen molar-refractivity contribution in [1.29, 1.82) is 0 Å². The van der Waals surface area contributed by atoms with Gasteiger partial charge in [-0.1, -0.05) is 0 Å². The number of nitrogens with zero attached hydrogens (tertiary/aromatic N) is 2. The van der Waals surface area contributed by atoms with Crippen LogP contribution < -0.4 is 5.73 Å². The molecule has 0 unspecified atom stereocenters. The highest BCUT2D eigenvalue weighted by Crippen LogP contribution is 2.30. The molecular weight excluding hydrogens is 150 g/mol. The van der Waals surface area contributed by atoms with Crippen molar-refractivity contribution in [3.05, 3.63) is 0 Å². The molecule has 2 N–H and O–H groups in total. The van der Waals surface area contributed by atoms with Crippen LogP contribution in [-0.2, 0) is 0 Å². The van der Waals surface area contributed by atoms with Crippen LogP contribution in [0.1, 0.15) is 12.8 Å². The van der Waals surface area contributed by atoms with Gasteiger partial charge in [-0.2, -0.15) is 0 Å². The Balaban J connectivity index is 2.16. The quantitative estimate of drug-likeness (QED) is 0.541. The molecule has 0 spiro atoms. The van der Waals surface area contributed by atoms with Crippen molar-refractivity contribution >= 4 is 0 Å². The van der Waals surface area contributed by atoms with Crippen molar-refractivity contribution in [3.63, 3.8) is 0 Å². The van der Waals surface area contributed by atoms with E-state index < -0.39 is 0 Å². The fraction of sp³-hybridized carbons (Fsp3) is 1.00. The Kier molecular flexibility index (Phi) is 1.90. The summed E-state index contributed by atoms with van der Waals surface area (Å²) in [5.74, 6) is 0. The van der Waals surface area contributed by atoms with Gasteiger partial charge in [-0.15, -0.1) is 0 Å². The Bertz CT molecular complexity index is 183. The molecule has 0 aromatic carbocycles. The topological polar surface area (TPSA) is 32.5 Å². The molecule has 0 amide bonds. The maximum absolute atomic E-state index is 6.36. The van der Waals surface area contributed by atoms with Gasteiger partial charge in [0, 0.05) is 24.7 Å². The van der Waals surface area contributed by atoms with Gasteiger partial charge in [0.2, 0.25) is 0 Å². The van der Waals surface area contributed by atoms with E-state index in [0.29, 0.717) is 6.04 Å². The predicted octanol–water partition coefficient (Wildman–Crippen LogP) is -0.276. The van der Waals surface area contributed by atoms with E-state index in [2.05, 4.69) is 23.9 Å². The lowest BCUT2D eigenvalue weighted by Crippen LogP contribution is -2.60. The molecule has 2 aliphatic heterocycles. The summed E-state index contributed by atoms with van der Waals surface area (Å²) in [7, 11) is 4.37. The molecule has 2 atom stereocenters. The van der Waals surface area contributed by atoms with E-state index in [-0.39, 0.29) is 5.54 Å². The van der Waals surface area contributed by atoms with Crippen LogP contribution in [0.2, 0.25) is 0 Å². The summed E-state index contributed by atoms with van der Waals surface area (Å²) in [6.45, 7) is 3.44. The van der Waals surface area contributed by atoms with Gasteiger partial charge < -0.3 is 15.5 Å². The van der Waals surface area contributed by atoms with Crippen LogP contribution in [0.3, 0.4) is 0 Å². The summed E-state index contributed by atoms with van der Waals surface area (Å²) in [6, 6.07) is 0.594. The molecule has 70 valence electrons. The zero-order valence-corrected chi connectivity index (χ0v) is 8.08. The molecule has 2 fully saturated rings. The lowest BCUT2D eigenvalue weighted by molar-refractivity contribution is 0.132. The Morgan fingerprint density at radius 1 is 1.42 bits per heavy atom. The van der Waals surface area contributed by atoms with Gasteiger partial charge in [0.1, 0.15) is 0 Å². The van der Waals surface area contributed by atoms with Crippen molar-refractivity contribution < 1.29 is 0 Å². The fourth-order valence-corrected chi connectivity index (χ4v) is 2.79. The zero-order chi connectivity index (χ0) is 8.77. The SMILES string of the molecule is CN1C[C@H]2N(C)CCC[C@@]2(N)C1. The van der Waals surface area contributed by atoms with E-state index in [1.165, 1.54) is 19.4 Å². The average Bonchev–Trinajstić information content (AvgIpc) is 2.26. The van der Waals surface area contributed by atoms with Gasteiger partial charge in [-0.05, 0) is 33.5 Å². The Morgan fingerprint density at radius 3 is 2.83 bits per heavy atom. The summed E-state index contributed by atoms with van der Waals surface area (Å²) in [4.78, 5) is 4.78. The van der Waals surface area contributed by atoms with Gasteiger partial charge in [0.05, 0.1) is 0 Å². The second-order valence-electron chi connectivity index (χ2n) is 4.53. The molecule has 0 radical (unpaired) electrons. The van der Waals surface area contributed by atoms with Crippen molar-refractivity contribution in [3.8, 4) is 0 Å². The molecule has 2 aliphatic rings. The molecule has 3 heteroatoms. The summed E-state index contributed by atoms with van der Waals surface area (Å²) in [6.07, 6.45) is 2.46. The van der Waals surface area contributed by atoms with Crippen molar-refractivity contribution in [1.82, 2.24) is 9.80 Å². The summed E-state index contributed by atoms with van der Waals surface area (Å²) < 4.78 is 0. The number of hydrogen-bond acceptors (Lipinski definition) is 3. The molecule has 0 saturated carbocycles. The fourth-order valence-electron chi connectivity index (χ4n) is 2.79. The van der Waals surface area contributed by atoms with Gasteiger partial charge in [0.25, 0.3) is 0 Å². The van der Waals surface area contributed by atoms with Crippen molar-refractivity contribution in [2.75, 3.05) is 33.7 Å². The number of rotatable bonds is 0. The van der Waals surface area contributed by atoms with Crippen molar-refractivity contribution in [2.24, 2.45) is 5.73 Å². The highest BCUT2D eigenvalue weighted by atomic mass is 15.3. The van der Waals surface area contributed by atoms with Crippen LogP contribution in [0.5, 0.6) is 0 Å². The maximum Gasteiger partial charge on any atom is 0.0453 e. The van der Waals surface area contributed by atoms with Crippen LogP contribution in [-0.4, -0.2) is 55.1 Å². The Hall–Kier alpha value is -0.120. The minimum atomic E-state index is 0.0851. The van der Waals surface area contributed by atoms with Crippen LogP contribution in [0.25, 0.3) is 0 Å². The number of likely N-dealkylation sites (tertiary alicyclic amines) is 2. The first-order chi connectivity index (χ1) is 5.62. The van der Waals surface area contributed by atoms with E-state index >= 15 is 0 Å². The van der Waals surface area contributed by atoms with E-state index in [1.54, 1.807) is 0 Å². The van der Waals surface area contributed by atoms with Gasteiger partial charge in [0.15, 0.2) is 0 Å². The second kappa shape index (κ2) is 2.69. The van der Waals surface area contributed by atoms with E-state index in [4.69, 9.17) is 5.73 Å². The molecule has 2 rings (SSSR count). The molecular formula is C9H19N3. The predicted molar refractivity (Wildman–Crippen MR) is 50.1 cm³/mol. The maximum atomic E-state index is 6.36. The van der Waals surface area contributed by atoms with E-state index in [0.717, 1.165) is 13.1 Å². The molecule has 0 aromatic rings. The molecule has 3 nitrogen and oxygen atoms in total. The van der Waals surface area contributed by atoms with Crippen molar-refractivity contribution in [2.45, 2.75) is 24.4 Å². The summed E-state index contributed by atoms with van der Waals surface area (Å²) >= 11 is 0. The Morgan fingerprint density at radius 2 is 2.17 bits per heavy atom. The number of nitrogens with two attached hydrogens (primary N) is 1. The number of fused-ring (bicyclic) bond motifs is 1. The van der Waals surface area contributed by atoms with Gasteiger partial charge in [-0.25, -0.2) is 0 Å². The number of piperidine rings is 1. The molecule has 2 heterocycles. The molecule has 2 saturated heterocycles. The minimum Gasteiger partial charge on any atom is -0.323 e. The summed E-state index contributed by atoms with van der Waals surface area (Å²) in [5, 5.41) is 0. The normalized spacial score (nSPS) is 44.8. The third-order valence-electron chi connectivity index (χ3n) is 3.40. The lowest BCUT2D eigenvalue weighted by Gasteiger charge is -2.41. The van der Waals surface area contributed by atoms with Gasteiger partial charge >= 0.3 is 0 Å². The third-order valence-corrected chi connectivity index (χ3v) is 3.40. The van der Waals surface area contributed by atoms with Crippen LogP contribution in [0.15, 0.2) is 0 Å². The number of hydrogen-bond donors (Lipinski definition) is 1. The van der Waals surface area contributed by atoms with Crippen LogP contribution in [0.4, 0.5) is 0 Å². The van der Waals surface area contributed by atoms with Crippen LogP contribution in [0, 0.1) is 0 Å². The number of likely N-dealkylation sites (N-methyl/N-ethyl adjacent to an activating group) is 2. The Labute approximate surface area is 74.5 Å². The van der Waals surface area contributed by atoms with E-state index in [9.17, 15) is 0 Å². The van der Waals surface area contributed by atoms with E-state index in [1.807, 2.05) is 0 Å². The third kappa shape index (κ3) is 1.16. The molecule has 12 heavy (non-hydrogen) atoms. The highest BCUT2D eigenvalue weighted by molar-refractivity contribution is 5.07. The smallest absolute Gasteiger partial charge is 0.0453 e. The van der Waals surface area contributed by atoms with Crippen LogP contribution >= 0.6 is 0 Å². The standard InChI is InChI=1S/C9H19N3/c1-11-6-8-9(10,7-11)4-3-5-12(8)2/h8H,3-7,10H2,1-2H3/t8-,9-/m1/s1. The lowest BCUT2D eigenvalue weighted by atomic mass is 9.85. The first-order valence-electron chi connectivity index (χ1n) is 4.79. The first kappa shape index (κ1) is 8.48. The molecule has 0 aromatic heterocycles. The largest absolute Gasteiger partial charge is 0.323 e. The zero-order valence-electron chi connectivity index (χ0n) is 8.08. The molecule has 0 aliphatic carbocycles.